The van der Waals surface area contributed by atoms with Gasteiger partial charge in [0.2, 0.25) is 5.91 Å². The molecule has 0 radical (unpaired) electrons. The first-order chi connectivity index (χ1) is 13.5. The van der Waals surface area contributed by atoms with Crippen molar-refractivity contribution in [3.05, 3.63) is 54.0 Å². The molecule has 5 nitrogen and oxygen atoms in total. The maximum absolute atomic E-state index is 12.9. The van der Waals surface area contributed by atoms with E-state index in [4.69, 9.17) is 13.9 Å². The first-order valence-electron chi connectivity index (χ1n) is 9.84. The van der Waals surface area contributed by atoms with Crippen LogP contribution < -0.4 is 9.47 Å². The lowest BCUT2D eigenvalue weighted by atomic mass is 10.1. The minimum Gasteiger partial charge on any atom is -0.493 e. The average Bonchev–Trinajstić information content (AvgIpc) is 3.35. The lowest BCUT2D eigenvalue weighted by Gasteiger charge is -2.26. The first kappa shape index (κ1) is 20.1. The number of hydrogen-bond donors (Lipinski definition) is 0. The Morgan fingerprint density at radius 2 is 2.04 bits per heavy atom. The van der Waals surface area contributed by atoms with Gasteiger partial charge < -0.3 is 18.8 Å². The summed E-state index contributed by atoms with van der Waals surface area (Å²) in [6.45, 7) is 6.84. The molecule has 1 amide bonds. The third kappa shape index (κ3) is 4.97. The van der Waals surface area contributed by atoms with Gasteiger partial charge in [0, 0.05) is 12.1 Å². The number of nitrogens with zero attached hydrogens (tertiary/aromatic N) is 1. The third-order valence-corrected chi connectivity index (χ3v) is 4.75. The molecule has 0 spiro atoms. The highest BCUT2D eigenvalue weighted by Crippen LogP contribution is 2.35. The zero-order chi connectivity index (χ0) is 20.1. The lowest BCUT2D eigenvalue weighted by Crippen LogP contribution is -2.34. The number of rotatable bonds is 9. The van der Waals surface area contributed by atoms with Crippen LogP contribution in [0.1, 0.15) is 51.0 Å². The molecular weight excluding hydrogens is 354 g/mol. The molecule has 3 rings (SSSR count). The van der Waals surface area contributed by atoms with E-state index >= 15 is 0 Å². The highest BCUT2D eigenvalue weighted by Gasteiger charge is 2.36. The Balaban J connectivity index is 1.71. The fraction of sp³-hybridized carbons (Fsp3) is 0.435. The van der Waals surface area contributed by atoms with Crippen molar-refractivity contribution in [3.63, 3.8) is 0 Å². The van der Waals surface area contributed by atoms with Crippen molar-refractivity contribution in [1.82, 2.24) is 4.90 Å². The van der Waals surface area contributed by atoms with Crippen LogP contribution in [-0.2, 0) is 4.79 Å². The molecule has 1 heterocycles. The maximum atomic E-state index is 12.9. The van der Waals surface area contributed by atoms with Crippen molar-refractivity contribution in [2.45, 2.75) is 45.7 Å². The fourth-order valence-electron chi connectivity index (χ4n) is 3.12. The molecule has 1 unspecified atom stereocenters. The van der Waals surface area contributed by atoms with Crippen LogP contribution in [0.3, 0.4) is 0 Å². The average molecular weight is 383 g/mol. The summed E-state index contributed by atoms with van der Waals surface area (Å²) in [5, 5.41) is 0. The zero-order valence-corrected chi connectivity index (χ0v) is 17.1. The summed E-state index contributed by atoms with van der Waals surface area (Å²) >= 11 is 0. The molecule has 150 valence electrons. The number of ether oxygens (including phenoxy) is 2. The van der Waals surface area contributed by atoms with Crippen molar-refractivity contribution in [2.75, 3.05) is 13.7 Å². The summed E-state index contributed by atoms with van der Waals surface area (Å²) < 4.78 is 16.7. The monoisotopic (exact) mass is 383 g/mol. The van der Waals surface area contributed by atoms with Crippen LogP contribution in [0.4, 0.5) is 0 Å². The van der Waals surface area contributed by atoms with E-state index in [1.807, 2.05) is 48.2 Å². The minimum atomic E-state index is -0.0824. The number of methoxy groups -OCH3 is 1. The third-order valence-electron chi connectivity index (χ3n) is 4.75. The fourth-order valence-corrected chi connectivity index (χ4v) is 3.12. The van der Waals surface area contributed by atoms with Gasteiger partial charge in [-0.25, -0.2) is 0 Å². The molecule has 1 atom stereocenters. The predicted octanol–water partition coefficient (Wildman–Crippen LogP) is 5.09. The van der Waals surface area contributed by atoms with Crippen LogP contribution in [0, 0.1) is 5.92 Å². The van der Waals surface area contributed by atoms with Gasteiger partial charge in [0.15, 0.2) is 11.5 Å². The van der Waals surface area contributed by atoms with Crippen molar-refractivity contribution in [1.29, 1.82) is 0 Å². The van der Waals surface area contributed by atoms with Gasteiger partial charge in [0.05, 0.1) is 26.0 Å². The van der Waals surface area contributed by atoms with Crippen molar-refractivity contribution in [3.8, 4) is 11.5 Å². The maximum Gasteiger partial charge on any atom is 0.247 e. The largest absolute Gasteiger partial charge is 0.493 e. The Morgan fingerprint density at radius 3 is 2.64 bits per heavy atom. The lowest BCUT2D eigenvalue weighted by molar-refractivity contribution is -0.129. The van der Waals surface area contributed by atoms with Crippen LogP contribution in [0.2, 0.25) is 0 Å². The van der Waals surface area contributed by atoms with Gasteiger partial charge >= 0.3 is 0 Å². The van der Waals surface area contributed by atoms with E-state index in [0.717, 1.165) is 24.2 Å². The van der Waals surface area contributed by atoms with Crippen LogP contribution in [0.25, 0.3) is 6.08 Å². The van der Waals surface area contributed by atoms with E-state index < -0.39 is 0 Å². The number of hydrogen-bond acceptors (Lipinski definition) is 4. The predicted molar refractivity (Wildman–Crippen MR) is 109 cm³/mol. The van der Waals surface area contributed by atoms with Gasteiger partial charge in [0.25, 0.3) is 0 Å². The molecule has 0 N–H and O–H groups in total. The molecule has 1 fully saturated rings. The van der Waals surface area contributed by atoms with Gasteiger partial charge in [-0.05, 0) is 61.6 Å². The molecule has 0 aliphatic heterocycles. The number of carbonyl (C=O) groups is 1. The molecule has 0 bridgehead atoms. The van der Waals surface area contributed by atoms with E-state index in [0.29, 0.717) is 30.1 Å². The molecular formula is C23H29NO4. The molecule has 1 aliphatic carbocycles. The van der Waals surface area contributed by atoms with Gasteiger partial charge in [-0.15, -0.1) is 0 Å². The highest BCUT2D eigenvalue weighted by atomic mass is 16.5. The topological polar surface area (TPSA) is 51.9 Å². The zero-order valence-electron chi connectivity index (χ0n) is 17.1. The second-order valence-electron chi connectivity index (χ2n) is 7.62. The smallest absolute Gasteiger partial charge is 0.247 e. The number of carbonyl (C=O) groups excluding carboxylic acids is 1. The van der Waals surface area contributed by atoms with E-state index in [9.17, 15) is 4.79 Å². The molecule has 0 saturated heterocycles. The second-order valence-corrected chi connectivity index (χ2v) is 7.62. The van der Waals surface area contributed by atoms with E-state index in [-0.39, 0.29) is 11.9 Å². The van der Waals surface area contributed by atoms with Crippen LogP contribution in [-0.4, -0.2) is 30.6 Å². The highest BCUT2D eigenvalue weighted by molar-refractivity contribution is 5.92. The Hall–Kier alpha value is -2.69. The van der Waals surface area contributed by atoms with Crippen LogP contribution in [0.15, 0.2) is 47.1 Å². The summed E-state index contributed by atoms with van der Waals surface area (Å²) in [6, 6.07) is 9.68. The summed E-state index contributed by atoms with van der Waals surface area (Å²) in [5.74, 6) is 2.61. The molecule has 1 aromatic carbocycles. The molecule has 2 aromatic rings. The molecule has 5 heteroatoms. The first-order valence-corrected chi connectivity index (χ1v) is 9.84. The van der Waals surface area contributed by atoms with Crippen molar-refractivity contribution >= 4 is 12.0 Å². The summed E-state index contributed by atoms with van der Waals surface area (Å²) in [6.07, 6.45) is 7.18. The molecule has 1 aliphatic rings. The SMILES string of the molecule is COc1cc(C=CC(=O)N(C2CC2)C(C)c2ccco2)ccc1OCC(C)C. The van der Waals surface area contributed by atoms with E-state index in [2.05, 4.69) is 13.8 Å². The Kier molecular flexibility index (Phi) is 6.45. The summed E-state index contributed by atoms with van der Waals surface area (Å²) in [5.41, 5.74) is 0.892. The van der Waals surface area contributed by atoms with Gasteiger partial charge in [-0.3, -0.25) is 4.79 Å². The van der Waals surface area contributed by atoms with Crippen LogP contribution >= 0.6 is 0 Å². The standard InChI is InChI=1S/C23H29NO4/c1-16(2)15-28-21-11-7-18(14-22(21)26-4)8-12-23(25)24(19-9-10-19)17(3)20-6-5-13-27-20/h5-8,11-14,16-17,19H,9-10,15H2,1-4H3. The Morgan fingerprint density at radius 1 is 1.25 bits per heavy atom. The quantitative estimate of drug-likeness (QED) is 0.566. The number of benzene rings is 1. The Labute approximate surface area is 166 Å². The number of furan rings is 1. The van der Waals surface area contributed by atoms with Crippen LogP contribution in [0.5, 0.6) is 11.5 Å². The van der Waals surface area contributed by atoms with E-state index in [1.165, 1.54) is 0 Å². The van der Waals surface area contributed by atoms with Gasteiger partial charge in [-0.1, -0.05) is 19.9 Å². The second kappa shape index (κ2) is 9.00. The van der Waals surface area contributed by atoms with Gasteiger partial charge in [-0.2, -0.15) is 0 Å². The summed E-state index contributed by atoms with van der Waals surface area (Å²) in [7, 11) is 1.62. The Bertz CT molecular complexity index is 806. The summed E-state index contributed by atoms with van der Waals surface area (Å²) in [4.78, 5) is 14.8. The van der Waals surface area contributed by atoms with Crippen molar-refractivity contribution in [2.24, 2.45) is 5.92 Å². The normalized spacial score (nSPS) is 15.0. The van der Waals surface area contributed by atoms with Gasteiger partial charge in [0.1, 0.15) is 5.76 Å². The van der Waals surface area contributed by atoms with E-state index in [1.54, 1.807) is 19.4 Å². The molecule has 1 saturated carbocycles. The number of amides is 1. The molecule has 1 aromatic heterocycles. The van der Waals surface area contributed by atoms with Crippen molar-refractivity contribution < 1.29 is 18.7 Å². The molecule has 28 heavy (non-hydrogen) atoms. The minimum absolute atomic E-state index is 0.00880.